The van der Waals surface area contributed by atoms with Gasteiger partial charge in [-0.05, 0) is 42.5 Å². The Morgan fingerprint density at radius 2 is 1.82 bits per heavy atom. The number of hydrogen-bond donors (Lipinski definition) is 1. The van der Waals surface area contributed by atoms with Gasteiger partial charge in [0.05, 0.1) is 19.8 Å². The van der Waals surface area contributed by atoms with Gasteiger partial charge in [-0.1, -0.05) is 0 Å². The normalized spacial score (nSPS) is 10.5. The van der Waals surface area contributed by atoms with E-state index >= 15 is 0 Å². The third-order valence-corrected chi connectivity index (χ3v) is 3.87. The molecule has 150 valence electrons. The van der Waals surface area contributed by atoms with Crippen molar-refractivity contribution in [3.05, 3.63) is 59.4 Å². The van der Waals surface area contributed by atoms with E-state index in [4.69, 9.17) is 19.3 Å². The highest BCUT2D eigenvalue weighted by atomic mass is 19.1. The maximum atomic E-state index is 13.9. The number of carbonyl (C=O) groups is 2. The number of methoxy groups -OCH3 is 1. The Morgan fingerprint density at radius 1 is 1.11 bits per heavy atom. The second kappa shape index (κ2) is 10.4. The van der Waals surface area contributed by atoms with Crippen LogP contribution in [0.25, 0.3) is 0 Å². The van der Waals surface area contributed by atoms with Crippen molar-refractivity contribution in [3.63, 3.8) is 0 Å². The van der Waals surface area contributed by atoms with Gasteiger partial charge in [-0.15, -0.1) is 0 Å². The van der Waals surface area contributed by atoms with Crippen molar-refractivity contribution in [2.75, 3.05) is 38.9 Å². The van der Waals surface area contributed by atoms with Crippen LogP contribution in [0.4, 0.5) is 10.1 Å². The largest absolute Gasteiger partial charge is 0.482 e. The summed E-state index contributed by atoms with van der Waals surface area (Å²) in [6.07, 6.45) is 0. The first-order valence-electron chi connectivity index (χ1n) is 8.50. The van der Waals surface area contributed by atoms with Crippen molar-refractivity contribution in [2.45, 2.75) is 6.61 Å². The number of carboxylic acid groups (broad SMARTS) is 1. The van der Waals surface area contributed by atoms with E-state index in [2.05, 4.69) is 0 Å². The lowest BCUT2D eigenvalue weighted by atomic mass is 10.1. The molecule has 0 bridgehead atoms. The summed E-state index contributed by atoms with van der Waals surface area (Å²) in [6, 6.07) is 10.5. The van der Waals surface area contributed by atoms with Crippen LogP contribution in [0.3, 0.4) is 0 Å². The van der Waals surface area contributed by atoms with Crippen LogP contribution in [0, 0.1) is 5.82 Å². The average Bonchev–Trinajstić information content (AvgIpc) is 2.70. The Hall–Kier alpha value is -2.97. The maximum absolute atomic E-state index is 13.9. The summed E-state index contributed by atoms with van der Waals surface area (Å²) < 4.78 is 29.2. The van der Waals surface area contributed by atoms with Crippen molar-refractivity contribution in [1.29, 1.82) is 0 Å². The van der Waals surface area contributed by atoms with Gasteiger partial charge in [0.25, 0.3) is 5.91 Å². The SMILES string of the molecule is COCCOCc1cc(C(=O)N(C)c2ccc(OCC(=O)O)cc2)ccc1F. The summed E-state index contributed by atoms with van der Waals surface area (Å²) in [5.74, 6) is -1.46. The highest BCUT2D eigenvalue weighted by molar-refractivity contribution is 6.05. The molecule has 0 aromatic heterocycles. The number of ether oxygens (including phenoxy) is 3. The smallest absolute Gasteiger partial charge is 0.341 e. The van der Waals surface area contributed by atoms with E-state index < -0.39 is 18.4 Å². The fourth-order valence-corrected chi connectivity index (χ4v) is 2.36. The minimum Gasteiger partial charge on any atom is -0.482 e. The molecule has 2 rings (SSSR count). The number of nitrogens with zero attached hydrogens (tertiary/aromatic N) is 1. The monoisotopic (exact) mass is 391 g/mol. The summed E-state index contributed by atoms with van der Waals surface area (Å²) in [5.41, 5.74) is 1.18. The molecule has 0 radical (unpaired) electrons. The number of rotatable bonds is 10. The van der Waals surface area contributed by atoms with Gasteiger partial charge in [0.2, 0.25) is 0 Å². The average molecular weight is 391 g/mol. The zero-order valence-corrected chi connectivity index (χ0v) is 15.7. The van der Waals surface area contributed by atoms with Crippen LogP contribution in [0.1, 0.15) is 15.9 Å². The van der Waals surface area contributed by atoms with Crippen LogP contribution in [0.2, 0.25) is 0 Å². The number of amides is 1. The highest BCUT2D eigenvalue weighted by Gasteiger charge is 2.16. The Balaban J connectivity index is 2.06. The number of aliphatic carboxylic acids is 1. The fraction of sp³-hybridized carbons (Fsp3) is 0.300. The predicted octanol–water partition coefficient (Wildman–Crippen LogP) is 2.73. The van der Waals surface area contributed by atoms with E-state index in [-0.39, 0.29) is 18.1 Å². The van der Waals surface area contributed by atoms with E-state index in [1.165, 1.54) is 23.1 Å². The van der Waals surface area contributed by atoms with Crippen molar-refractivity contribution in [1.82, 2.24) is 0 Å². The first-order valence-corrected chi connectivity index (χ1v) is 8.50. The molecule has 0 saturated carbocycles. The molecule has 28 heavy (non-hydrogen) atoms. The summed E-state index contributed by atoms with van der Waals surface area (Å²) in [6.45, 7) is 0.314. The topological polar surface area (TPSA) is 85.3 Å². The number of hydrogen-bond acceptors (Lipinski definition) is 5. The zero-order chi connectivity index (χ0) is 20.5. The molecule has 8 heteroatoms. The van der Waals surface area contributed by atoms with Gasteiger partial charge >= 0.3 is 5.97 Å². The van der Waals surface area contributed by atoms with Gasteiger partial charge in [0.15, 0.2) is 6.61 Å². The molecule has 0 spiro atoms. The molecule has 2 aromatic carbocycles. The van der Waals surface area contributed by atoms with Crippen LogP contribution >= 0.6 is 0 Å². The third-order valence-electron chi connectivity index (χ3n) is 3.87. The standard InChI is InChI=1S/C20H22FNO6/c1-22(16-4-6-17(7-5-16)28-13-19(23)24)20(25)14-3-8-18(21)15(11-14)12-27-10-9-26-2/h3-8,11H,9-10,12-13H2,1-2H3,(H,23,24). The number of halogens is 1. The van der Waals surface area contributed by atoms with Gasteiger partial charge in [-0.3, -0.25) is 4.79 Å². The number of anilines is 1. The fourth-order valence-electron chi connectivity index (χ4n) is 2.36. The summed E-state index contributed by atoms with van der Waals surface area (Å²) in [4.78, 5) is 24.6. The molecule has 7 nitrogen and oxygen atoms in total. The van der Waals surface area contributed by atoms with E-state index in [9.17, 15) is 14.0 Å². The maximum Gasteiger partial charge on any atom is 0.341 e. The summed E-state index contributed by atoms with van der Waals surface area (Å²) >= 11 is 0. The highest BCUT2D eigenvalue weighted by Crippen LogP contribution is 2.21. The molecule has 0 unspecified atom stereocenters. The molecule has 0 atom stereocenters. The second-order valence-electron chi connectivity index (χ2n) is 5.89. The van der Waals surface area contributed by atoms with Crippen molar-refractivity contribution < 1.29 is 33.3 Å². The Morgan fingerprint density at radius 3 is 2.46 bits per heavy atom. The van der Waals surface area contributed by atoms with Gasteiger partial charge < -0.3 is 24.2 Å². The molecule has 1 amide bonds. The number of carboxylic acids is 1. The molecule has 0 fully saturated rings. The van der Waals surface area contributed by atoms with Gasteiger partial charge in [0, 0.05) is 31.0 Å². The van der Waals surface area contributed by atoms with Crippen LogP contribution in [0.5, 0.6) is 5.75 Å². The summed E-state index contributed by atoms with van der Waals surface area (Å²) in [7, 11) is 3.14. The Kier molecular flexibility index (Phi) is 7.91. The van der Waals surface area contributed by atoms with Gasteiger partial charge in [-0.25, -0.2) is 9.18 Å². The van der Waals surface area contributed by atoms with E-state index in [1.54, 1.807) is 38.4 Å². The van der Waals surface area contributed by atoms with Crippen LogP contribution in [0.15, 0.2) is 42.5 Å². The molecular formula is C20H22FNO6. The number of benzene rings is 2. The Labute approximate surface area is 162 Å². The first kappa shape index (κ1) is 21.3. The van der Waals surface area contributed by atoms with E-state index in [1.807, 2.05) is 0 Å². The number of carbonyl (C=O) groups excluding carboxylic acids is 1. The lowest BCUT2D eigenvalue weighted by molar-refractivity contribution is -0.139. The lowest BCUT2D eigenvalue weighted by Gasteiger charge is -2.18. The van der Waals surface area contributed by atoms with Crippen molar-refractivity contribution in [3.8, 4) is 5.75 Å². The van der Waals surface area contributed by atoms with E-state index in [0.29, 0.717) is 30.2 Å². The van der Waals surface area contributed by atoms with Crippen molar-refractivity contribution >= 4 is 17.6 Å². The molecule has 0 aliphatic rings. The van der Waals surface area contributed by atoms with Gasteiger partial charge in [-0.2, -0.15) is 0 Å². The van der Waals surface area contributed by atoms with Crippen LogP contribution < -0.4 is 9.64 Å². The minimum absolute atomic E-state index is 0.0373. The van der Waals surface area contributed by atoms with E-state index in [0.717, 1.165) is 0 Å². The molecule has 0 aliphatic heterocycles. The molecule has 1 N–H and O–H groups in total. The molecule has 0 aliphatic carbocycles. The first-order chi connectivity index (χ1) is 13.4. The van der Waals surface area contributed by atoms with Crippen molar-refractivity contribution in [2.24, 2.45) is 0 Å². The molecule has 0 saturated heterocycles. The second-order valence-corrected chi connectivity index (χ2v) is 5.89. The van der Waals surface area contributed by atoms with Crippen LogP contribution in [-0.4, -0.2) is 51.0 Å². The quantitative estimate of drug-likeness (QED) is 0.627. The third kappa shape index (κ3) is 6.04. The molecular weight excluding hydrogens is 369 g/mol. The molecule has 2 aromatic rings. The lowest BCUT2D eigenvalue weighted by Crippen LogP contribution is -2.26. The molecule has 0 heterocycles. The Bertz CT molecular complexity index is 809. The predicted molar refractivity (Wildman–Crippen MR) is 100 cm³/mol. The summed E-state index contributed by atoms with van der Waals surface area (Å²) in [5, 5.41) is 8.62. The minimum atomic E-state index is -1.07. The van der Waals surface area contributed by atoms with Crippen LogP contribution in [-0.2, 0) is 20.9 Å². The zero-order valence-electron chi connectivity index (χ0n) is 15.7. The van der Waals surface area contributed by atoms with Gasteiger partial charge in [0.1, 0.15) is 11.6 Å².